The zero-order valence-electron chi connectivity index (χ0n) is 12.1. The molecule has 0 aliphatic heterocycles. The fraction of sp³-hybridized carbons (Fsp3) is 0.533. The molecule has 0 bridgehead atoms. The summed E-state index contributed by atoms with van der Waals surface area (Å²) in [5, 5.41) is 2.14. The number of aromatic amines is 1. The van der Waals surface area contributed by atoms with Crippen LogP contribution in [-0.2, 0) is 5.41 Å². The van der Waals surface area contributed by atoms with E-state index in [2.05, 4.69) is 61.0 Å². The summed E-state index contributed by atoms with van der Waals surface area (Å²) in [6, 6.07) is 4.69. The van der Waals surface area contributed by atoms with Crippen LogP contribution in [-0.4, -0.2) is 9.55 Å². The van der Waals surface area contributed by atoms with Gasteiger partial charge in [-0.3, -0.25) is 0 Å². The van der Waals surface area contributed by atoms with Crippen molar-refractivity contribution in [3.8, 4) is 0 Å². The van der Waals surface area contributed by atoms with E-state index < -0.39 is 0 Å². The van der Waals surface area contributed by atoms with Crippen LogP contribution in [0, 0.1) is 4.77 Å². The van der Waals surface area contributed by atoms with Crippen LogP contribution in [0.2, 0.25) is 0 Å². The second kappa shape index (κ2) is 5.63. The third kappa shape index (κ3) is 3.00. The minimum Gasteiger partial charge on any atom is -0.337 e. The van der Waals surface area contributed by atoms with E-state index in [1.54, 1.807) is 0 Å². The van der Waals surface area contributed by atoms with Crippen LogP contribution in [0.5, 0.6) is 0 Å². The lowest BCUT2D eigenvalue weighted by molar-refractivity contribution is 0.461. The fourth-order valence-electron chi connectivity index (χ4n) is 2.42. The lowest BCUT2D eigenvalue weighted by Crippen LogP contribution is -2.21. The molecule has 2 rings (SSSR count). The van der Waals surface area contributed by atoms with Crippen LogP contribution >= 0.6 is 23.6 Å². The van der Waals surface area contributed by atoms with Gasteiger partial charge in [0, 0.05) is 22.2 Å². The van der Waals surface area contributed by atoms with Gasteiger partial charge in [0.1, 0.15) is 0 Å². The highest BCUT2D eigenvalue weighted by Crippen LogP contribution is 2.33. The van der Waals surface area contributed by atoms with Crippen LogP contribution < -0.4 is 0 Å². The van der Waals surface area contributed by atoms with Gasteiger partial charge < -0.3 is 9.55 Å². The van der Waals surface area contributed by atoms with Crippen LogP contribution in [0.4, 0.5) is 0 Å². The molecule has 0 aliphatic rings. The summed E-state index contributed by atoms with van der Waals surface area (Å²) in [5.74, 6) is 0. The maximum absolute atomic E-state index is 5.52. The smallest absolute Gasteiger partial charge is 0.177 e. The minimum atomic E-state index is 0.0941. The van der Waals surface area contributed by atoms with E-state index in [1.165, 1.54) is 10.6 Å². The molecule has 1 atom stereocenters. The van der Waals surface area contributed by atoms with Crippen LogP contribution in [0.1, 0.15) is 57.1 Å². The Kier molecular flexibility index (Phi) is 4.31. The van der Waals surface area contributed by atoms with Gasteiger partial charge in [0.05, 0.1) is 6.04 Å². The first-order chi connectivity index (χ1) is 8.95. The Bertz CT molecular complexity index is 570. The Hall–Kier alpha value is -0.870. The molecule has 2 nitrogen and oxygen atoms in total. The van der Waals surface area contributed by atoms with Crippen LogP contribution in [0.15, 0.2) is 23.7 Å². The summed E-state index contributed by atoms with van der Waals surface area (Å²) in [5.41, 5.74) is 1.38. The molecular formula is C15H22N2S2. The molecule has 0 radical (unpaired) electrons. The first-order valence-corrected chi connectivity index (χ1v) is 8.07. The first-order valence-electron chi connectivity index (χ1n) is 6.79. The lowest BCUT2D eigenvalue weighted by atomic mass is 9.92. The van der Waals surface area contributed by atoms with E-state index in [0.29, 0.717) is 6.04 Å². The monoisotopic (exact) mass is 294 g/mol. The van der Waals surface area contributed by atoms with Gasteiger partial charge in [-0.25, -0.2) is 0 Å². The number of H-pyrrole nitrogens is 1. The summed E-state index contributed by atoms with van der Waals surface area (Å²) in [6.45, 7) is 8.93. The molecule has 0 aromatic carbocycles. The molecule has 0 saturated heterocycles. The number of aromatic nitrogens is 2. The van der Waals surface area contributed by atoms with E-state index in [-0.39, 0.29) is 5.41 Å². The van der Waals surface area contributed by atoms with Crippen molar-refractivity contribution in [2.75, 3.05) is 0 Å². The number of thiophene rings is 1. The van der Waals surface area contributed by atoms with Crippen molar-refractivity contribution >= 4 is 23.6 Å². The summed E-state index contributed by atoms with van der Waals surface area (Å²) in [6.07, 6.45) is 4.34. The van der Waals surface area contributed by atoms with Crippen LogP contribution in [0.3, 0.4) is 0 Å². The third-order valence-electron chi connectivity index (χ3n) is 3.32. The van der Waals surface area contributed by atoms with E-state index >= 15 is 0 Å². The van der Waals surface area contributed by atoms with Gasteiger partial charge in [-0.2, -0.15) is 0 Å². The Balaban J connectivity index is 2.54. The predicted octanol–water partition coefficient (Wildman–Crippen LogP) is 5.29. The highest BCUT2D eigenvalue weighted by atomic mass is 32.1. The molecular weight excluding hydrogens is 272 g/mol. The Morgan fingerprint density at radius 3 is 2.68 bits per heavy atom. The number of rotatable bonds is 4. The van der Waals surface area contributed by atoms with Gasteiger partial charge >= 0.3 is 0 Å². The van der Waals surface area contributed by atoms with Gasteiger partial charge in [-0.15, -0.1) is 11.3 Å². The second-order valence-electron chi connectivity index (χ2n) is 5.92. The Morgan fingerprint density at radius 2 is 2.16 bits per heavy atom. The molecule has 0 aliphatic carbocycles. The highest BCUT2D eigenvalue weighted by molar-refractivity contribution is 7.71. The molecule has 0 spiro atoms. The molecule has 19 heavy (non-hydrogen) atoms. The largest absolute Gasteiger partial charge is 0.337 e. The first kappa shape index (κ1) is 14.5. The zero-order chi connectivity index (χ0) is 14.0. The number of hydrogen-bond donors (Lipinski definition) is 1. The maximum atomic E-state index is 5.52. The number of nitrogens with zero attached hydrogens (tertiary/aromatic N) is 1. The van der Waals surface area contributed by atoms with Crippen molar-refractivity contribution in [3.63, 3.8) is 0 Å². The highest BCUT2D eigenvalue weighted by Gasteiger charge is 2.24. The average Bonchev–Trinajstić information content (AvgIpc) is 2.94. The topological polar surface area (TPSA) is 20.7 Å². The van der Waals surface area contributed by atoms with Gasteiger partial charge in [-0.1, -0.05) is 40.2 Å². The molecule has 0 saturated carbocycles. The van der Waals surface area contributed by atoms with Crippen molar-refractivity contribution in [3.05, 3.63) is 39.1 Å². The third-order valence-corrected chi connectivity index (χ3v) is 4.61. The Labute approximate surface area is 124 Å². The van der Waals surface area contributed by atoms with E-state index in [0.717, 1.165) is 17.6 Å². The molecule has 1 unspecified atom stereocenters. The predicted molar refractivity (Wildman–Crippen MR) is 85.7 cm³/mol. The van der Waals surface area contributed by atoms with E-state index in [1.807, 2.05) is 11.3 Å². The molecule has 2 heterocycles. The van der Waals surface area contributed by atoms with Gasteiger partial charge in [-0.05, 0) is 30.1 Å². The van der Waals surface area contributed by atoms with Crippen molar-refractivity contribution in [2.45, 2.75) is 52.0 Å². The fourth-order valence-corrected chi connectivity index (χ4v) is 3.56. The van der Waals surface area contributed by atoms with Crippen molar-refractivity contribution in [1.82, 2.24) is 9.55 Å². The van der Waals surface area contributed by atoms with Gasteiger partial charge in [0.25, 0.3) is 0 Å². The maximum Gasteiger partial charge on any atom is 0.177 e. The lowest BCUT2D eigenvalue weighted by Gasteiger charge is -2.26. The van der Waals surface area contributed by atoms with Crippen molar-refractivity contribution < 1.29 is 0 Å². The van der Waals surface area contributed by atoms with Crippen molar-refractivity contribution in [2.24, 2.45) is 0 Å². The van der Waals surface area contributed by atoms with E-state index in [4.69, 9.17) is 12.2 Å². The van der Waals surface area contributed by atoms with Crippen molar-refractivity contribution in [1.29, 1.82) is 0 Å². The standard InChI is InChI=1S/C15H22N2S2/c1-5-7-11(12-8-6-9-19-12)17-13(15(2,3)4)10-16-14(17)18/h6,8-11H,5,7H2,1-4H3,(H,16,18). The summed E-state index contributed by atoms with van der Waals surface area (Å²) in [4.78, 5) is 4.62. The molecule has 0 amide bonds. The molecule has 2 aromatic rings. The average molecular weight is 294 g/mol. The normalized spacial score (nSPS) is 13.7. The van der Waals surface area contributed by atoms with Gasteiger partial charge in [0.2, 0.25) is 0 Å². The molecule has 1 N–H and O–H groups in total. The molecule has 2 aromatic heterocycles. The molecule has 104 valence electrons. The zero-order valence-corrected chi connectivity index (χ0v) is 13.7. The molecule has 4 heteroatoms. The Morgan fingerprint density at radius 1 is 1.42 bits per heavy atom. The SMILES string of the molecule is CCCC(c1cccs1)n1c(C(C)(C)C)c[nH]c1=S. The number of hydrogen-bond acceptors (Lipinski definition) is 2. The summed E-state index contributed by atoms with van der Waals surface area (Å²) in [7, 11) is 0. The van der Waals surface area contributed by atoms with E-state index in [9.17, 15) is 0 Å². The van der Waals surface area contributed by atoms with Crippen LogP contribution in [0.25, 0.3) is 0 Å². The summed E-state index contributed by atoms with van der Waals surface area (Å²) >= 11 is 7.33. The quantitative estimate of drug-likeness (QED) is 0.759. The second-order valence-corrected chi connectivity index (χ2v) is 7.28. The number of imidazole rings is 1. The summed E-state index contributed by atoms with van der Waals surface area (Å²) < 4.78 is 3.14. The van der Waals surface area contributed by atoms with Gasteiger partial charge in [0.15, 0.2) is 4.77 Å². The minimum absolute atomic E-state index is 0.0941. The molecule has 0 fully saturated rings. The number of nitrogens with one attached hydrogen (secondary N) is 1.